The van der Waals surface area contributed by atoms with Gasteiger partial charge in [-0.1, -0.05) is 0 Å². The number of carbonyl (C=O) groups excluding carboxylic acids is 2. The summed E-state index contributed by atoms with van der Waals surface area (Å²) >= 11 is 0. The Morgan fingerprint density at radius 1 is 1.35 bits per heavy atom. The summed E-state index contributed by atoms with van der Waals surface area (Å²) in [4.78, 5) is 25.0. The van der Waals surface area contributed by atoms with Crippen LogP contribution in [0.4, 0.5) is 4.79 Å². The zero-order chi connectivity index (χ0) is 12.8. The molecule has 17 heavy (non-hydrogen) atoms. The Morgan fingerprint density at radius 2 is 1.94 bits per heavy atom. The lowest BCUT2D eigenvalue weighted by molar-refractivity contribution is -0.149. The van der Waals surface area contributed by atoms with E-state index < -0.39 is 0 Å². The summed E-state index contributed by atoms with van der Waals surface area (Å²) < 4.78 is 4.98. The maximum Gasteiger partial charge on any atom is 0.317 e. The van der Waals surface area contributed by atoms with Gasteiger partial charge in [0.25, 0.3) is 0 Å². The second kappa shape index (κ2) is 6.47. The fourth-order valence-corrected chi connectivity index (χ4v) is 1.92. The van der Waals surface area contributed by atoms with E-state index in [-0.39, 0.29) is 24.0 Å². The molecular weight excluding hydrogens is 220 g/mol. The van der Waals surface area contributed by atoms with E-state index in [9.17, 15) is 9.59 Å². The number of piperidine rings is 1. The van der Waals surface area contributed by atoms with Gasteiger partial charge in [0.05, 0.1) is 12.5 Å². The summed E-state index contributed by atoms with van der Waals surface area (Å²) in [7, 11) is 0. The van der Waals surface area contributed by atoms with E-state index in [2.05, 4.69) is 5.32 Å². The van der Waals surface area contributed by atoms with Crippen molar-refractivity contribution in [1.82, 2.24) is 10.2 Å². The van der Waals surface area contributed by atoms with Crippen LogP contribution in [0.1, 0.15) is 33.6 Å². The summed E-state index contributed by atoms with van der Waals surface area (Å²) in [5, 5.41) is 2.85. The molecule has 0 aliphatic carbocycles. The molecule has 5 nitrogen and oxygen atoms in total. The highest BCUT2D eigenvalue weighted by Gasteiger charge is 2.28. The SMILES string of the molecule is CCOC(=O)C1CCN(C(=O)NC(C)C)CC1. The molecule has 1 aliphatic heterocycles. The lowest BCUT2D eigenvalue weighted by Gasteiger charge is -2.31. The molecule has 0 spiro atoms. The molecule has 0 radical (unpaired) electrons. The highest BCUT2D eigenvalue weighted by molar-refractivity contribution is 5.76. The van der Waals surface area contributed by atoms with Crippen LogP contribution in [0, 0.1) is 5.92 Å². The monoisotopic (exact) mass is 242 g/mol. The second-order valence-electron chi connectivity index (χ2n) is 4.62. The summed E-state index contributed by atoms with van der Waals surface area (Å²) in [5.74, 6) is -0.172. The molecule has 1 N–H and O–H groups in total. The summed E-state index contributed by atoms with van der Waals surface area (Å²) in [5.41, 5.74) is 0. The van der Waals surface area contributed by atoms with Gasteiger partial charge in [0.1, 0.15) is 0 Å². The van der Waals surface area contributed by atoms with Gasteiger partial charge < -0.3 is 15.0 Å². The molecule has 0 aromatic heterocycles. The van der Waals surface area contributed by atoms with Crippen molar-refractivity contribution in [2.75, 3.05) is 19.7 Å². The van der Waals surface area contributed by atoms with Gasteiger partial charge in [-0.3, -0.25) is 4.79 Å². The van der Waals surface area contributed by atoms with Gasteiger partial charge in [-0.15, -0.1) is 0 Å². The Morgan fingerprint density at radius 3 is 2.41 bits per heavy atom. The number of hydrogen-bond acceptors (Lipinski definition) is 3. The normalized spacial score (nSPS) is 17.1. The van der Waals surface area contributed by atoms with Crippen molar-refractivity contribution in [3.05, 3.63) is 0 Å². The van der Waals surface area contributed by atoms with Crippen molar-refractivity contribution in [2.45, 2.75) is 39.7 Å². The molecule has 1 rings (SSSR count). The first-order valence-corrected chi connectivity index (χ1v) is 6.26. The van der Waals surface area contributed by atoms with E-state index in [0.29, 0.717) is 32.5 Å². The second-order valence-corrected chi connectivity index (χ2v) is 4.62. The smallest absolute Gasteiger partial charge is 0.317 e. The van der Waals surface area contributed by atoms with E-state index in [1.165, 1.54) is 0 Å². The average molecular weight is 242 g/mol. The number of esters is 1. The number of hydrogen-bond donors (Lipinski definition) is 1. The van der Waals surface area contributed by atoms with Gasteiger partial charge in [0.15, 0.2) is 0 Å². The fraction of sp³-hybridized carbons (Fsp3) is 0.833. The van der Waals surface area contributed by atoms with Gasteiger partial charge in [-0.2, -0.15) is 0 Å². The molecular formula is C12H22N2O3. The maximum atomic E-state index is 11.7. The van der Waals surface area contributed by atoms with Crippen LogP contribution < -0.4 is 5.32 Å². The molecule has 1 aliphatic rings. The predicted molar refractivity (Wildman–Crippen MR) is 64.6 cm³/mol. The third-order valence-electron chi connectivity index (χ3n) is 2.81. The molecule has 0 unspecified atom stereocenters. The predicted octanol–water partition coefficient (Wildman–Crippen LogP) is 1.38. The Balaban J connectivity index is 2.35. The number of likely N-dealkylation sites (tertiary alicyclic amines) is 1. The largest absolute Gasteiger partial charge is 0.466 e. The zero-order valence-corrected chi connectivity index (χ0v) is 10.9. The van der Waals surface area contributed by atoms with Crippen LogP contribution in [0.2, 0.25) is 0 Å². The Labute approximate surface area is 102 Å². The molecule has 1 heterocycles. The number of nitrogens with zero attached hydrogens (tertiary/aromatic N) is 1. The molecule has 0 aromatic carbocycles. The van der Waals surface area contributed by atoms with Crippen molar-refractivity contribution in [3.63, 3.8) is 0 Å². The van der Waals surface area contributed by atoms with Crippen LogP contribution in [0.5, 0.6) is 0 Å². The van der Waals surface area contributed by atoms with E-state index >= 15 is 0 Å². The van der Waals surface area contributed by atoms with Gasteiger partial charge in [0, 0.05) is 19.1 Å². The first-order chi connectivity index (χ1) is 8.04. The first kappa shape index (κ1) is 13.8. The minimum absolute atomic E-state index is 0.0395. The number of rotatable bonds is 3. The van der Waals surface area contributed by atoms with Crippen molar-refractivity contribution in [1.29, 1.82) is 0 Å². The van der Waals surface area contributed by atoms with E-state index in [1.807, 2.05) is 20.8 Å². The Kier molecular flexibility index (Phi) is 5.25. The minimum Gasteiger partial charge on any atom is -0.466 e. The lowest BCUT2D eigenvalue weighted by Crippen LogP contribution is -2.47. The maximum absolute atomic E-state index is 11.7. The number of amides is 2. The topological polar surface area (TPSA) is 58.6 Å². The molecule has 1 saturated heterocycles. The quantitative estimate of drug-likeness (QED) is 0.761. The minimum atomic E-state index is -0.128. The van der Waals surface area contributed by atoms with Crippen molar-refractivity contribution >= 4 is 12.0 Å². The highest BCUT2D eigenvalue weighted by Crippen LogP contribution is 2.18. The molecule has 98 valence electrons. The van der Waals surface area contributed by atoms with E-state index in [4.69, 9.17) is 4.74 Å². The number of urea groups is 1. The summed E-state index contributed by atoms with van der Waals surface area (Å²) in [6.45, 7) is 7.35. The molecule has 0 atom stereocenters. The number of ether oxygens (including phenoxy) is 1. The molecule has 0 saturated carbocycles. The standard InChI is InChI=1S/C12H22N2O3/c1-4-17-11(15)10-5-7-14(8-6-10)12(16)13-9(2)3/h9-10H,4-8H2,1-3H3,(H,13,16). The number of nitrogens with one attached hydrogen (secondary N) is 1. The molecule has 0 aromatic rings. The van der Waals surface area contributed by atoms with Crippen molar-refractivity contribution in [2.24, 2.45) is 5.92 Å². The van der Waals surface area contributed by atoms with Crippen LogP contribution in [0.3, 0.4) is 0 Å². The van der Waals surface area contributed by atoms with Gasteiger partial charge in [0.2, 0.25) is 0 Å². The summed E-state index contributed by atoms with van der Waals surface area (Å²) in [6, 6.07) is 0.104. The van der Waals surface area contributed by atoms with Gasteiger partial charge in [-0.05, 0) is 33.6 Å². The van der Waals surface area contributed by atoms with Crippen LogP contribution in [0.15, 0.2) is 0 Å². The highest BCUT2D eigenvalue weighted by atomic mass is 16.5. The first-order valence-electron chi connectivity index (χ1n) is 6.26. The third-order valence-corrected chi connectivity index (χ3v) is 2.81. The van der Waals surface area contributed by atoms with E-state index in [0.717, 1.165) is 0 Å². The average Bonchev–Trinajstić information content (AvgIpc) is 2.28. The molecule has 2 amide bonds. The van der Waals surface area contributed by atoms with Gasteiger partial charge in [-0.25, -0.2) is 4.79 Å². The van der Waals surface area contributed by atoms with Crippen LogP contribution in [-0.2, 0) is 9.53 Å². The van der Waals surface area contributed by atoms with Crippen LogP contribution >= 0.6 is 0 Å². The van der Waals surface area contributed by atoms with Crippen molar-refractivity contribution < 1.29 is 14.3 Å². The molecule has 1 fully saturated rings. The van der Waals surface area contributed by atoms with Gasteiger partial charge >= 0.3 is 12.0 Å². The Bertz CT molecular complexity index is 271. The van der Waals surface area contributed by atoms with Crippen LogP contribution in [0.25, 0.3) is 0 Å². The third kappa shape index (κ3) is 4.24. The lowest BCUT2D eigenvalue weighted by atomic mass is 9.97. The van der Waals surface area contributed by atoms with Crippen molar-refractivity contribution in [3.8, 4) is 0 Å². The number of carbonyl (C=O) groups is 2. The molecule has 0 bridgehead atoms. The van der Waals surface area contributed by atoms with Crippen LogP contribution in [-0.4, -0.2) is 42.6 Å². The molecule has 5 heteroatoms. The fourth-order valence-electron chi connectivity index (χ4n) is 1.92. The van der Waals surface area contributed by atoms with E-state index in [1.54, 1.807) is 4.90 Å². The Hall–Kier alpha value is -1.26. The zero-order valence-electron chi connectivity index (χ0n) is 10.9. The summed E-state index contributed by atoms with van der Waals surface area (Å²) in [6.07, 6.45) is 1.40.